The number of hydrogen-bond acceptors (Lipinski definition) is 4. The van der Waals surface area contributed by atoms with Gasteiger partial charge in [0, 0.05) is 0 Å². The fourth-order valence-electron chi connectivity index (χ4n) is 1.39. The molecule has 0 fully saturated rings. The van der Waals surface area contributed by atoms with Gasteiger partial charge >= 0.3 is 0 Å². The fraction of sp³-hybridized carbons (Fsp3) is 0.857. The van der Waals surface area contributed by atoms with Crippen LogP contribution in [0.25, 0.3) is 0 Å². The van der Waals surface area contributed by atoms with Crippen LogP contribution in [0.15, 0.2) is 11.8 Å². The van der Waals surface area contributed by atoms with Crippen molar-refractivity contribution in [3.05, 3.63) is 11.8 Å². The van der Waals surface area contributed by atoms with Crippen molar-refractivity contribution in [2.75, 3.05) is 39.6 Å². The van der Waals surface area contributed by atoms with Crippen LogP contribution in [0.5, 0.6) is 0 Å². The van der Waals surface area contributed by atoms with E-state index in [2.05, 4.69) is 13.8 Å². The molecule has 0 unspecified atom stereocenters. The van der Waals surface area contributed by atoms with Crippen LogP contribution in [0.2, 0.25) is 0 Å². The van der Waals surface area contributed by atoms with Gasteiger partial charge in [0.05, 0.1) is 39.3 Å². The van der Waals surface area contributed by atoms with Crippen molar-refractivity contribution < 1.29 is 19.3 Å². The summed E-state index contributed by atoms with van der Waals surface area (Å²) < 4.78 is 15.8. The molecule has 0 aromatic heterocycles. The maximum Gasteiger partial charge on any atom is 0.111 e. The third-order valence-electron chi connectivity index (χ3n) is 2.51. The number of aliphatic hydroxyl groups is 1. The molecule has 0 aromatic rings. The highest BCUT2D eigenvalue weighted by Crippen LogP contribution is 2.10. The molecule has 0 saturated carbocycles. The van der Waals surface area contributed by atoms with E-state index in [0.717, 1.165) is 12.8 Å². The van der Waals surface area contributed by atoms with Gasteiger partial charge in [0.1, 0.15) is 6.61 Å². The highest BCUT2D eigenvalue weighted by Gasteiger charge is 1.94. The second-order valence-corrected chi connectivity index (χ2v) is 4.05. The van der Waals surface area contributed by atoms with Gasteiger partial charge in [0.25, 0.3) is 0 Å². The molecule has 0 saturated heterocycles. The summed E-state index contributed by atoms with van der Waals surface area (Å²) in [5.41, 5.74) is 1.36. The maximum atomic E-state index is 8.48. The van der Waals surface area contributed by atoms with Crippen molar-refractivity contribution >= 4 is 0 Å². The van der Waals surface area contributed by atoms with Gasteiger partial charge in [0.15, 0.2) is 0 Å². The standard InChI is InChI=1S/C14H28O4/c1-3-5-6-14(4-2)13-18-12-11-17-10-9-16-8-7-15/h13,15H,3-12H2,1-2H3. The lowest BCUT2D eigenvalue weighted by molar-refractivity contribution is 0.0201. The zero-order chi connectivity index (χ0) is 13.5. The Hall–Kier alpha value is -0.580. The first-order chi connectivity index (χ1) is 8.85. The Morgan fingerprint density at radius 1 is 1.00 bits per heavy atom. The average Bonchev–Trinajstić information content (AvgIpc) is 2.40. The van der Waals surface area contributed by atoms with E-state index in [-0.39, 0.29) is 6.61 Å². The smallest absolute Gasteiger partial charge is 0.111 e. The summed E-state index contributed by atoms with van der Waals surface area (Å²) >= 11 is 0. The second kappa shape index (κ2) is 14.5. The Bertz CT molecular complexity index is 192. The van der Waals surface area contributed by atoms with Gasteiger partial charge < -0.3 is 19.3 Å². The summed E-state index contributed by atoms with van der Waals surface area (Å²) in [6, 6.07) is 0. The van der Waals surface area contributed by atoms with E-state index < -0.39 is 0 Å². The second-order valence-electron chi connectivity index (χ2n) is 4.05. The number of allylic oxidation sites excluding steroid dienone is 1. The number of hydrogen-bond donors (Lipinski definition) is 1. The number of unbranched alkanes of at least 4 members (excludes halogenated alkanes) is 1. The quantitative estimate of drug-likeness (QED) is 0.408. The summed E-state index contributed by atoms with van der Waals surface area (Å²) in [5.74, 6) is 0. The van der Waals surface area contributed by atoms with E-state index in [1.165, 1.54) is 18.4 Å². The number of aliphatic hydroxyl groups excluding tert-OH is 1. The van der Waals surface area contributed by atoms with Gasteiger partial charge in [-0.3, -0.25) is 0 Å². The predicted molar refractivity (Wildman–Crippen MR) is 72.6 cm³/mol. The molecule has 0 bridgehead atoms. The maximum absolute atomic E-state index is 8.48. The minimum Gasteiger partial charge on any atom is -0.499 e. The van der Waals surface area contributed by atoms with Gasteiger partial charge in [-0.15, -0.1) is 0 Å². The molecular weight excluding hydrogens is 232 g/mol. The first-order valence-electron chi connectivity index (χ1n) is 6.91. The molecule has 0 heterocycles. The van der Waals surface area contributed by atoms with E-state index in [0.29, 0.717) is 33.0 Å². The van der Waals surface area contributed by atoms with Crippen LogP contribution in [0.4, 0.5) is 0 Å². The summed E-state index contributed by atoms with van der Waals surface area (Å²) in [6.07, 6.45) is 6.50. The van der Waals surface area contributed by atoms with Crippen LogP contribution in [0.3, 0.4) is 0 Å². The lowest BCUT2D eigenvalue weighted by Crippen LogP contribution is -2.09. The molecule has 18 heavy (non-hydrogen) atoms. The molecule has 0 aliphatic rings. The Kier molecular flexibility index (Phi) is 14.0. The summed E-state index contributed by atoms with van der Waals surface area (Å²) in [5, 5.41) is 8.48. The van der Waals surface area contributed by atoms with Gasteiger partial charge in [0.2, 0.25) is 0 Å². The highest BCUT2D eigenvalue weighted by atomic mass is 16.5. The predicted octanol–water partition coefficient (Wildman–Crippen LogP) is 2.51. The molecule has 4 nitrogen and oxygen atoms in total. The zero-order valence-electron chi connectivity index (χ0n) is 11.8. The van der Waals surface area contributed by atoms with Crippen molar-refractivity contribution in [2.24, 2.45) is 0 Å². The van der Waals surface area contributed by atoms with Crippen molar-refractivity contribution in [1.29, 1.82) is 0 Å². The van der Waals surface area contributed by atoms with E-state index in [4.69, 9.17) is 19.3 Å². The third-order valence-corrected chi connectivity index (χ3v) is 2.51. The third kappa shape index (κ3) is 11.9. The van der Waals surface area contributed by atoms with Crippen LogP contribution in [-0.2, 0) is 14.2 Å². The molecule has 0 aliphatic carbocycles. The van der Waals surface area contributed by atoms with Gasteiger partial charge in [-0.25, -0.2) is 0 Å². The first-order valence-corrected chi connectivity index (χ1v) is 6.91. The highest BCUT2D eigenvalue weighted by molar-refractivity contribution is 4.96. The molecule has 0 spiro atoms. The Morgan fingerprint density at radius 2 is 1.67 bits per heavy atom. The van der Waals surface area contributed by atoms with Crippen LogP contribution >= 0.6 is 0 Å². The van der Waals surface area contributed by atoms with Gasteiger partial charge in [-0.2, -0.15) is 0 Å². The fourth-order valence-corrected chi connectivity index (χ4v) is 1.39. The van der Waals surface area contributed by atoms with Gasteiger partial charge in [-0.05, 0) is 24.8 Å². The van der Waals surface area contributed by atoms with E-state index in [1.54, 1.807) is 0 Å². The molecule has 0 aromatic carbocycles. The van der Waals surface area contributed by atoms with Crippen LogP contribution in [0, 0.1) is 0 Å². The largest absolute Gasteiger partial charge is 0.499 e. The number of rotatable bonds is 13. The first kappa shape index (κ1) is 17.4. The Balaban J connectivity index is 3.33. The molecule has 0 atom stereocenters. The summed E-state index contributed by atoms with van der Waals surface area (Å²) in [7, 11) is 0. The van der Waals surface area contributed by atoms with Crippen LogP contribution in [0.1, 0.15) is 39.5 Å². The van der Waals surface area contributed by atoms with E-state index >= 15 is 0 Å². The molecule has 108 valence electrons. The minimum atomic E-state index is 0.0610. The van der Waals surface area contributed by atoms with E-state index in [9.17, 15) is 0 Å². The Labute approximate surface area is 111 Å². The van der Waals surface area contributed by atoms with E-state index in [1.807, 2.05) is 6.26 Å². The molecule has 0 amide bonds. The topological polar surface area (TPSA) is 47.9 Å². The van der Waals surface area contributed by atoms with Crippen molar-refractivity contribution in [3.63, 3.8) is 0 Å². The van der Waals surface area contributed by atoms with Crippen LogP contribution < -0.4 is 0 Å². The summed E-state index contributed by atoms with van der Waals surface area (Å²) in [6.45, 7) is 7.00. The van der Waals surface area contributed by atoms with Crippen molar-refractivity contribution in [2.45, 2.75) is 39.5 Å². The minimum absolute atomic E-state index is 0.0610. The van der Waals surface area contributed by atoms with Gasteiger partial charge in [-0.1, -0.05) is 20.3 Å². The number of ether oxygens (including phenoxy) is 3. The van der Waals surface area contributed by atoms with Crippen molar-refractivity contribution in [3.8, 4) is 0 Å². The zero-order valence-corrected chi connectivity index (χ0v) is 11.8. The molecule has 0 aliphatic heterocycles. The molecule has 1 N–H and O–H groups in total. The lowest BCUT2D eigenvalue weighted by Gasteiger charge is -2.07. The van der Waals surface area contributed by atoms with Crippen molar-refractivity contribution in [1.82, 2.24) is 0 Å². The SMILES string of the molecule is CCCCC(=COCCOCCOCCO)CC. The molecular formula is C14H28O4. The Morgan fingerprint density at radius 3 is 2.28 bits per heavy atom. The molecule has 0 rings (SSSR count). The molecule has 0 radical (unpaired) electrons. The normalized spacial score (nSPS) is 11.8. The van der Waals surface area contributed by atoms with Crippen LogP contribution in [-0.4, -0.2) is 44.7 Å². The average molecular weight is 260 g/mol. The summed E-state index contributed by atoms with van der Waals surface area (Å²) in [4.78, 5) is 0. The molecule has 4 heteroatoms. The lowest BCUT2D eigenvalue weighted by atomic mass is 10.1. The monoisotopic (exact) mass is 260 g/mol.